The van der Waals surface area contributed by atoms with Gasteiger partial charge in [-0.15, -0.1) is 0 Å². The van der Waals surface area contributed by atoms with Crippen LogP contribution in [0.2, 0.25) is 0 Å². The van der Waals surface area contributed by atoms with Crippen LogP contribution in [0.4, 0.5) is 18.9 Å². The molecule has 0 unspecified atom stereocenters. The second-order valence-electron chi connectivity index (χ2n) is 6.27. The maximum atomic E-state index is 12.7. The minimum atomic E-state index is -4.44. The lowest BCUT2D eigenvalue weighted by Gasteiger charge is -2.07. The first-order valence-electron chi connectivity index (χ1n) is 8.38. The smallest absolute Gasteiger partial charge is 0.349 e. The van der Waals surface area contributed by atoms with Crippen LogP contribution in [0.5, 0.6) is 0 Å². The summed E-state index contributed by atoms with van der Waals surface area (Å²) in [6.45, 7) is 0. The molecule has 27 heavy (non-hydrogen) atoms. The highest BCUT2D eigenvalue weighted by Gasteiger charge is 2.30. The lowest BCUT2D eigenvalue weighted by Crippen LogP contribution is -2.25. The fourth-order valence-electron chi connectivity index (χ4n) is 2.41. The summed E-state index contributed by atoms with van der Waals surface area (Å²) in [6, 6.07) is 11.4. The molecule has 0 aliphatic heterocycles. The largest absolute Gasteiger partial charge is 0.416 e. The Labute approximate surface area is 154 Å². The highest BCUT2D eigenvalue weighted by atomic mass is 19.4. The first kappa shape index (κ1) is 18.7. The van der Waals surface area contributed by atoms with Crippen LogP contribution in [0.3, 0.4) is 0 Å². The summed E-state index contributed by atoms with van der Waals surface area (Å²) in [7, 11) is 0. The number of carbonyl (C=O) groups excluding carboxylic acids is 2. The van der Waals surface area contributed by atoms with Crippen LogP contribution >= 0.6 is 0 Å². The van der Waals surface area contributed by atoms with Crippen molar-refractivity contribution >= 4 is 23.6 Å². The number of hydrogen-bond donors (Lipinski definition) is 2. The number of amides is 2. The van der Waals surface area contributed by atoms with Gasteiger partial charge in [0.2, 0.25) is 5.91 Å². The monoisotopic (exact) mass is 374 g/mol. The van der Waals surface area contributed by atoms with Gasteiger partial charge in [0, 0.05) is 23.4 Å². The summed E-state index contributed by atoms with van der Waals surface area (Å²) in [4.78, 5) is 24.0. The molecule has 2 aromatic rings. The summed E-state index contributed by atoms with van der Waals surface area (Å²) in [5.41, 5.74) is 0.343. The third-order valence-corrected chi connectivity index (χ3v) is 3.95. The topological polar surface area (TPSA) is 58.2 Å². The lowest BCUT2D eigenvalue weighted by atomic mass is 10.1. The van der Waals surface area contributed by atoms with Gasteiger partial charge in [0.15, 0.2) is 0 Å². The van der Waals surface area contributed by atoms with Gasteiger partial charge < -0.3 is 10.6 Å². The van der Waals surface area contributed by atoms with Crippen molar-refractivity contribution in [3.8, 4) is 0 Å². The standard InChI is InChI=1S/C20H17F3N2O2/c21-20(22,23)15-5-1-3-13(11-15)7-10-18(26)24-17-6-2-4-14(12-17)19(27)25-16-8-9-16/h1-7,10-12,16H,8-9H2,(H,24,26)(H,25,27)/b10-7+. The first-order chi connectivity index (χ1) is 12.8. The van der Waals surface area contributed by atoms with Crippen molar-refractivity contribution < 1.29 is 22.8 Å². The summed E-state index contributed by atoms with van der Waals surface area (Å²) in [6.07, 6.45) is -0.0424. The molecule has 1 aliphatic carbocycles. The zero-order valence-electron chi connectivity index (χ0n) is 14.2. The molecule has 0 radical (unpaired) electrons. The molecule has 0 heterocycles. The molecule has 0 spiro atoms. The number of carbonyl (C=O) groups is 2. The van der Waals surface area contributed by atoms with Crippen LogP contribution in [-0.4, -0.2) is 17.9 Å². The number of rotatable bonds is 5. The van der Waals surface area contributed by atoms with Crippen molar-refractivity contribution in [2.75, 3.05) is 5.32 Å². The molecule has 2 aromatic carbocycles. The number of alkyl halides is 3. The van der Waals surface area contributed by atoms with Gasteiger partial charge in [0.1, 0.15) is 0 Å². The Bertz CT molecular complexity index is 887. The first-order valence-corrected chi connectivity index (χ1v) is 8.38. The molecule has 3 rings (SSSR count). The maximum Gasteiger partial charge on any atom is 0.416 e. The van der Waals surface area contributed by atoms with Crippen LogP contribution < -0.4 is 10.6 Å². The SMILES string of the molecule is O=C(/C=C/c1cccc(C(F)(F)F)c1)Nc1cccc(C(=O)NC2CC2)c1. The van der Waals surface area contributed by atoms with E-state index in [1.54, 1.807) is 24.3 Å². The van der Waals surface area contributed by atoms with Gasteiger partial charge >= 0.3 is 6.18 Å². The molecule has 0 aromatic heterocycles. The molecule has 2 amide bonds. The summed E-state index contributed by atoms with van der Waals surface area (Å²) >= 11 is 0. The molecule has 1 saturated carbocycles. The number of halogens is 3. The van der Waals surface area contributed by atoms with Gasteiger partial charge in [0.05, 0.1) is 5.56 Å². The predicted octanol–water partition coefficient (Wildman–Crippen LogP) is 4.25. The quantitative estimate of drug-likeness (QED) is 0.769. The van der Waals surface area contributed by atoms with Crippen LogP contribution in [-0.2, 0) is 11.0 Å². The van der Waals surface area contributed by atoms with E-state index in [1.807, 2.05) is 0 Å². The molecular weight excluding hydrogens is 357 g/mol. The van der Waals surface area contributed by atoms with Crippen LogP contribution in [0, 0.1) is 0 Å². The Balaban J connectivity index is 1.64. The van der Waals surface area contributed by atoms with Gasteiger partial charge in [-0.05, 0) is 54.8 Å². The molecule has 2 N–H and O–H groups in total. The second-order valence-corrected chi connectivity index (χ2v) is 6.27. The van der Waals surface area contributed by atoms with E-state index in [2.05, 4.69) is 10.6 Å². The minimum absolute atomic E-state index is 0.201. The number of benzene rings is 2. The zero-order chi connectivity index (χ0) is 19.4. The molecular formula is C20H17F3N2O2. The second kappa shape index (κ2) is 7.65. The minimum Gasteiger partial charge on any atom is -0.349 e. The Morgan fingerprint density at radius 3 is 2.48 bits per heavy atom. The fourth-order valence-corrected chi connectivity index (χ4v) is 2.41. The van der Waals surface area contributed by atoms with E-state index in [0.717, 1.165) is 31.1 Å². The van der Waals surface area contributed by atoms with Crippen molar-refractivity contribution in [3.63, 3.8) is 0 Å². The maximum absolute atomic E-state index is 12.7. The number of nitrogens with one attached hydrogen (secondary N) is 2. The molecule has 0 bridgehead atoms. The lowest BCUT2D eigenvalue weighted by molar-refractivity contribution is -0.137. The van der Waals surface area contributed by atoms with E-state index in [0.29, 0.717) is 11.3 Å². The van der Waals surface area contributed by atoms with Crippen LogP contribution in [0.1, 0.15) is 34.3 Å². The third kappa shape index (κ3) is 5.44. The molecule has 1 aliphatic rings. The number of hydrogen-bond acceptors (Lipinski definition) is 2. The Morgan fingerprint density at radius 1 is 1.04 bits per heavy atom. The number of anilines is 1. The van der Waals surface area contributed by atoms with E-state index in [1.165, 1.54) is 18.2 Å². The van der Waals surface area contributed by atoms with Gasteiger partial charge in [-0.1, -0.05) is 18.2 Å². The summed E-state index contributed by atoms with van der Waals surface area (Å²) in [5, 5.41) is 5.45. The average molecular weight is 374 g/mol. The van der Waals surface area contributed by atoms with Gasteiger partial charge in [-0.2, -0.15) is 13.2 Å². The Kier molecular flexibility index (Phi) is 5.30. The summed E-state index contributed by atoms with van der Waals surface area (Å²) in [5.74, 6) is -0.708. The van der Waals surface area contributed by atoms with Crippen molar-refractivity contribution in [3.05, 3.63) is 71.3 Å². The molecule has 4 nitrogen and oxygen atoms in total. The van der Waals surface area contributed by atoms with Gasteiger partial charge in [0.25, 0.3) is 5.91 Å². The van der Waals surface area contributed by atoms with E-state index in [-0.39, 0.29) is 17.5 Å². The van der Waals surface area contributed by atoms with Crippen molar-refractivity contribution in [2.24, 2.45) is 0 Å². The Morgan fingerprint density at radius 2 is 1.78 bits per heavy atom. The molecule has 0 saturated heterocycles. The Hall–Kier alpha value is -3.09. The molecule has 7 heteroatoms. The van der Waals surface area contributed by atoms with Gasteiger partial charge in [-0.3, -0.25) is 9.59 Å². The van der Waals surface area contributed by atoms with E-state index in [9.17, 15) is 22.8 Å². The van der Waals surface area contributed by atoms with Crippen molar-refractivity contribution in [1.29, 1.82) is 0 Å². The van der Waals surface area contributed by atoms with Crippen molar-refractivity contribution in [2.45, 2.75) is 25.1 Å². The van der Waals surface area contributed by atoms with E-state index in [4.69, 9.17) is 0 Å². The molecule has 140 valence electrons. The van der Waals surface area contributed by atoms with E-state index < -0.39 is 17.6 Å². The molecule has 0 atom stereocenters. The highest BCUT2D eigenvalue weighted by Crippen LogP contribution is 2.29. The van der Waals surface area contributed by atoms with Crippen LogP contribution in [0.15, 0.2) is 54.6 Å². The fraction of sp³-hybridized carbons (Fsp3) is 0.200. The van der Waals surface area contributed by atoms with Crippen LogP contribution in [0.25, 0.3) is 6.08 Å². The van der Waals surface area contributed by atoms with Gasteiger partial charge in [-0.25, -0.2) is 0 Å². The average Bonchev–Trinajstić information content (AvgIpc) is 3.44. The highest BCUT2D eigenvalue weighted by molar-refractivity contribution is 6.03. The predicted molar refractivity (Wildman–Crippen MR) is 96.0 cm³/mol. The normalized spacial score (nSPS) is 14.2. The van der Waals surface area contributed by atoms with E-state index >= 15 is 0 Å². The molecule has 1 fully saturated rings. The summed E-state index contributed by atoms with van der Waals surface area (Å²) < 4.78 is 38.1. The zero-order valence-corrected chi connectivity index (χ0v) is 14.2. The third-order valence-electron chi connectivity index (χ3n) is 3.95. The van der Waals surface area contributed by atoms with Crippen molar-refractivity contribution in [1.82, 2.24) is 5.32 Å².